The van der Waals surface area contributed by atoms with E-state index in [-0.39, 0.29) is 11.7 Å². The van der Waals surface area contributed by atoms with Crippen LogP contribution in [0.2, 0.25) is 0 Å². The van der Waals surface area contributed by atoms with Gasteiger partial charge in [0, 0.05) is 22.9 Å². The molecule has 0 radical (unpaired) electrons. The Morgan fingerprint density at radius 2 is 2.06 bits per heavy atom. The molecule has 2 aromatic heterocycles. The lowest BCUT2D eigenvalue weighted by atomic mass is 10.1. The Bertz CT molecular complexity index is 1440. The van der Waals surface area contributed by atoms with Crippen LogP contribution < -0.4 is 20.9 Å². The summed E-state index contributed by atoms with van der Waals surface area (Å²) in [6, 6.07) is 18.4. The summed E-state index contributed by atoms with van der Waals surface area (Å²) >= 11 is 3.00. The highest BCUT2D eigenvalue weighted by molar-refractivity contribution is 7.98. The summed E-state index contributed by atoms with van der Waals surface area (Å²) in [5, 5.41) is 8.13. The highest BCUT2D eigenvalue weighted by Gasteiger charge is 2.15. The van der Waals surface area contributed by atoms with Crippen molar-refractivity contribution >= 4 is 40.5 Å². The fourth-order valence-electron chi connectivity index (χ4n) is 3.41. The minimum Gasteiger partial charge on any atom is -0.497 e. The number of nitrogens with zero attached hydrogens (tertiary/aromatic N) is 2. The number of aromatic nitrogens is 2. The predicted molar refractivity (Wildman–Crippen MR) is 144 cm³/mol. The Morgan fingerprint density at radius 3 is 2.83 bits per heavy atom. The molecule has 2 amide bonds. The standard InChI is InChI=1S/C26H23N5O3S2/c1-27-23-22(18-7-4-9-20(15-18)34-2)30-26(31-24(23)32)36-16-17-6-3-8-19(14-17)29-25(33)28-12-11-21-10-5-13-35-21/h3-10,13-15H,11-12,16H2,2H3,(H2,28,29,33)(H,30,31,32). The van der Waals surface area contributed by atoms with Gasteiger partial charge in [-0.3, -0.25) is 4.79 Å². The maximum Gasteiger partial charge on any atom is 0.319 e. The first-order valence-corrected chi connectivity index (χ1v) is 12.9. The van der Waals surface area contributed by atoms with Crippen LogP contribution in [0.5, 0.6) is 5.75 Å². The molecule has 0 atom stereocenters. The molecule has 0 spiro atoms. The van der Waals surface area contributed by atoms with E-state index in [0.29, 0.717) is 40.1 Å². The third-order valence-corrected chi connectivity index (χ3v) is 7.01. The van der Waals surface area contributed by atoms with Crippen molar-refractivity contribution in [2.75, 3.05) is 19.0 Å². The van der Waals surface area contributed by atoms with E-state index in [2.05, 4.69) is 25.4 Å². The van der Waals surface area contributed by atoms with Crippen molar-refractivity contribution in [3.63, 3.8) is 0 Å². The molecule has 0 unspecified atom stereocenters. The summed E-state index contributed by atoms with van der Waals surface area (Å²) in [5.41, 5.74) is 1.99. The molecule has 0 aliphatic rings. The predicted octanol–water partition coefficient (Wildman–Crippen LogP) is 5.71. The molecular formula is C26H23N5O3S2. The van der Waals surface area contributed by atoms with Crippen molar-refractivity contribution in [3.8, 4) is 17.0 Å². The van der Waals surface area contributed by atoms with E-state index >= 15 is 0 Å². The molecule has 0 saturated carbocycles. The first-order valence-electron chi connectivity index (χ1n) is 11.0. The number of methoxy groups -OCH3 is 1. The maximum absolute atomic E-state index is 12.6. The molecule has 10 heteroatoms. The van der Waals surface area contributed by atoms with Gasteiger partial charge in [-0.2, -0.15) is 0 Å². The van der Waals surface area contributed by atoms with Gasteiger partial charge >= 0.3 is 6.03 Å². The first-order chi connectivity index (χ1) is 17.6. The SMILES string of the molecule is [C-]#[N+]c1c(-c2cccc(OC)c2)nc(SCc2cccc(NC(=O)NCCc3cccs3)c2)[nH]c1=O. The average molecular weight is 518 g/mol. The number of H-pyrrole nitrogens is 1. The Balaban J connectivity index is 1.41. The minimum atomic E-state index is -0.491. The van der Waals surface area contributed by atoms with Crippen LogP contribution in [-0.4, -0.2) is 29.7 Å². The van der Waals surface area contributed by atoms with Crippen molar-refractivity contribution in [1.82, 2.24) is 15.3 Å². The van der Waals surface area contributed by atoms with Crippen LogP contribution in [0.25, 0.3) is 16.1 Å². The molecule has 0 fully saturated rings. The topological polar surface area (TPSA) is 100 Å². The van der Waals surface area contributed by atoms with Gasteiger partial charge in [-0.25, -0.2) is 14.6 Å². The fraction of sp³-hybridized carbons (Fsp3) is 0.154. The van der Waals surface area contributed by atoms with Crippen LogP contribution in [-0.2, 0) is 12.2 Å². The summed E-state index contributed by atoms with van der Waals surface area (Å²) in [6.45, 7) is 7.98. The van der Waals surface area contributed by atoms with Crippen LogP contribution in [0, 0.1) is 6.57 Å². The number of amides is 2. The van der Waals surface area contributed by atoms with E-state index in [4.69, 9.17) is 11.3 Å². The van der Waals surface area contributed by atoms with E-state index in [1.807, 2.05) is 41.8 Å². The van der Waals surface area contributed by atoms with Gasteiger partial charge in [0.2, 0.25) is 0 Å². The first kappa shape index (κ1) is 25.0. The molecule has 36 heavy (non-hydrogen) atoms. The molecule has 2 aromatic carbocycles. The maximum atomic E-state index is 12.6. The number of thioether (sulfide) groups is 1. The largest absolute Gasteiger partial charge is 0.497 e. The van der Waals surface area contributed by atoms with Crippen LogP contribution in [0.15, 0.2) is 76.0 Å². The van der Waals surface area contributed by atoms with E-state index in [1.54, 1.807) is 42.7 Å². The molecule has 0 aliphatic carbocycles. The number of aromatic amines is 1. The summed E-state index contributed by atoms with van der Waals surface area (Å²) < 4.78 is 5.26. The lowest BCUT2D eigenvalue weighted by molar-refractivity contribution is 0.252. The molecule has 2 heterocycles. The number of hydrogen-bond acceptors (Lipinski definition) is 6. The van der Waals surface area contributed by atoms with Crippen LogP contribution >= 0.6 is 23.1 Å². The quantitative estimate of drug-likeness (QED) is 0.150. The van der Waals surface area contributed by atoms with Crippen LogP contribution in [0.1, 0.15) is 10.4 Å². The summed E-state index contributed by atoms with van der Waals surface area (Å²) in [7, 11) is 1.55. The molecule has 3 N–H and O–H groups in total. The minimum absolute atomic E-state index is 0.0658. The second-order valence-corrected chi connectivity index (χ2v) is 9.61. The molecule has 8 nitrogen and oxygen atoms in total. The number of carbonyl (C=O) groups excluding carboxylic acids is 1. The third kappa shape index (κ3) is 6.53. The monoisotopic (exact) mass is 517 g/mol. The summed E-state index contributed by atoms with van der Waals surface area (Å²) in [4.78, 5) is 36.6. The normalized spacial score (nSPS) is 10.4. The number of hydrogen-bond donors (Lipinski definition) is 3. The zero-order chi connectivity index (χ0) is 25.3. The zero-order valence-electron chi connectivity index (χ0n) is 19.4. The fourth-order valence-corrected chi connectivity index (χ4v) is 4.92. The third-order valence-electron chi connectivity index (χ3n) is 5.13. The number of anilines is 1. The van der Waals surface area contributed by atoms with Gasteiger partial charge < -0.3 is 20.4 Å². The van der Waals surface area contributed by atoms with Gasteiger partial charge in [-0.15, -0.1) is 11.3 Å². The van der Waals surface area contributed by atoms with Crippen LogP contribution in [0.4, 0.5) is 16.2 Å². The molecule has 0 bridgehead atoms. The van der Waals surface area contributed by atoms with Crippen molar-refractivity contribution in [1.29, 1.82) is 0 Å². The molecular weight excluding hydrogens is 494 g/mol. The van der Waals surface area contributed by atoms with Gasteiger partial charge in [-0.05, 0) is 53.3 Å². The number of rotatable bonds is 9. The number of carbonyl (C=O) groups is 1. The van der Waals surface area contributed by atoms with Crippen LogP contribution in [0.3, 0.4) is 0 Å². The summed E-state index contributed by atoms with van der Waals surface area (Å²) in [6.07, 6.45) is 0.789. The highest BCUT2D eigenvalue weighted by Crippen LogP contribution is 2.30. The number of benzene rings is 2. The molecule has 182 valence electrons. The number of ether oxygens (including phenoxy) is 1. The van der Waals surface area contributed by atoms with Crippen molar-refractivity contribution < 1.29 is 9.53 Å². The van der Waals surface area contributed by atoms with E-state index < -0.39 is 5.56 Å². The van der Waals surface area contributed by atoms with Crippen molar-refractivity contribution in [3.05, 3.63) is 98.3 Å². The second-order valence-electron chi connectivity index (χ2n) is 7.61. The van der Waals surface area contributed by atoms with Gasteiger partial charge in [0.25, 0.3) is 11.2 Å². The van der Waals surface area contributed by atoms with E-state index in [0.717, 1.165) is 12.0 Å². The van der Waals surface area contributed by atoms with Crippen molar-refractivity contribution in [2.24, 2.45) is 0 Å². The Morgan fingerprint density at radius 1 is 1.19 bits per heavy atom. The average Bonchev–Trinajstić information content (AvgIpc) is 3.41. The smallest absolute Gasteiger partial charge is 0.319 e. The highest BCUT2D eigenvalue weighted by atomic mass is 32.2. The van der Waals surface area contributed by atoms with Crippen molar-refractivity contribution in [2.45, 2.75) is 17.3 Å². The Kier molecular flexibility index (Phi) is 8.39. The molecule has 4 aromatic rings. The lowest BCUT2D eigenvalue weighted by Crippen LogP contribution is -2.30. The van der Waals surface area contributed by atoms with Gasteiger partial charge in [-0.1, -0.05) is 42.1 Å². The zero-order valence-corrected chi connectivity index (χ0v) is 21.0. The van der Waals surface area contributed by atoms with Gasteiger partial charge in [0.1, 0.15) is 5.75 Å². The molecule has 0 saturated heterocycles. The van der Waals surface area contributed by atoms with Gasteiger partial charge in [0.05, 0.1) is 19.4 Å². The number of nitrogens with one attached hydrogen (secondary N) is 3. The molecule has 0 aliphatic heterocycles. The number of urea groups is 1. The Hall–Kier alpha value is -4.07. The van der Waals surface area contributed by atoms with Gasteiger partial charge in [0.15, 0.2) is 5.16 Å². The number of thiophene rings is 1. The van der Waals surface area contributed by atoms with E-state index in [1.165, 1.54) is 16.6 Å². The Labute approximate surface area is 216 Å². The summed E-state index contributed by atoms with van der Waals surface area (Å²) in [5.74, 6) is 1.12. The van der Waals surface area contributed by atoms with E-state index in [9.17, 15) is 9.59 Å². The second kappa shape index (κ2) is 12.1. The lowest BCUT2D eigenvalue weighted by Gasteiger charge is -2.10. The molecule has 4 rings (SSSR count).